The normalized spacial score (nSPS) is 23.2. The summed E-state index contributed by atoms with van der Waals surface area (Å²) in [5.41, 5.74) is 0.712. The summed E-state index contributed by atoms with van der Waals surface area (Å²) in [6.45, 7) is 21.9. The minimum absolute atomic E-state index is 0.0327. The molecular weight excluding hydrogens is 344 g/mol. The molecule has 2 atom stereocenters. The highest BCUT2D eigenvalue weighted by atomic mass is 28.4. The molecule has 25 heavy (non-hydrogen) atoms. The van der Waals surface area contributed by atoms with Crippen LogP contribution < -0.4 is 0 Å². The quantitative estimate of drug-likeness (QED) is 0.490. The number of rotatable bonds is 4. The van der Waals surface area contributed by atoms with Crippen molar-refractivity contribution >= 4 is 22.4 Å². The molecule has 0 aromatic carbocycles. The van der Waals surface area contributed by atoms with Gasteiger partial charge in [0.1, 0.15) is 6.10 Å². The van der Waals surface area contributed by atoms with E-state index < -0.39 is 22.7 Å². The van der Waals surface area contributed by atoms with Gasteiger partial charge in [0, 0.05) is 12.0 Å². The molecular formula is C20H36O3Si2. The fourth-order valence-electron chi connectivity index (χ4n) is 2.21. The Bertz CT molecular complexity index is 584. The third-order valence-corrected chi connectivity index (χ3v) is 15.0. The monoisotopic (exact) mass is 380 g/mol. The second-order valence-corrected chi connectivity index (χ2v) is 19.6. The fourth-order valence-corrected chi connectivity index (χ4v) is 4.78. The van der Waals surface area contributed by atoms with Crippen LogP contribution in [0.3, 0.4) is 0 Å². The van der Waals surface area contributed by atoms with Gasteiger partial charge in [0.15, 0.2) is 22.4 Å². The Kier molecular flexibility index (Phi) is 6.39. The van der Waals surface area contributed by atoms with Crippen molar-refractivity contribution in [2.24, 2.45) is 0 Å². The molecule has 0 bridgehead atoms. The first-order valence-electron chi connectivity index (χ1n) is 9.08. The zero-order valence-corrected chi connectivity index (χ0v) is 19.7. The van der Waals surface area contributed by atoms with Gasteiger partial charge in [-0.15, -0.1) is 6.42 Å². The molecule has 1 aliphatic carbocycles. The number of carbonyl (C=O) groups excluding carboxylic acids is 1. The van der Waals surface area contributed by atoms with Gasteiger partial charge < -0.3 is 8.85 Å². The minimum atomic E-state index is -2.10. The molecule has 0 N–H and O–H groups in total. The van der Waals surface area contributed by atoms with E-state index in [-0.39, 0.29) is 22.0 Å². The minimum Gasteiger partial charge on any atom is -0.410 e. The second kappa shape index (κ2) is 7.15. The van der Waals surface area contributed by atoms with E-state index in [0.717, 1.165) is 0 Å². The summed E-state index contributed by atoms with van der Waals surface area (Å²) < 4.78 is 13.1. The van der Waals surface area contributed by atoms with Crippen LogP contribution in [0, 0.1) is 12.3 Å². The Hall–Kier alpha value is -0.676. The van der Waals surface area contributed by atoms with Crippen molar-refractivity contribution < 1.29 is 13.6 Å². The Morgan fingerprint density at radius 1 is 1.00 bits per heavy atom. The first-order valence-corrected chi connectivity index (χ1v) is 14.9. The molecule has 0 heterocycles. The second-order valence-electron chi connectivity index (χ2n) is 10.1. The van der Waals surface area contributed by atoms with Crippen molar-refractivity contribution in [3.63, 3.8) is 0 Å². The largest absolute Gasteiger partial charge is 0.410 e. The Labute approximate surface area is 156 Å². The van der Waals surface area contributed by atoms with Crippen molar-refractivity contribution in [2.75, 3.05) is 0 Å². The predicted octanol–water partition coefficient (Wildman–Crippen LogP) is 5.30. The molecule has 5 heteroatoms. The molecule has 0 amide bonds. The lowest BCUT2D eigenvalue weighted by molar-refractivity contribution is -0.127. The van der Waals surface area contributed by atoms with Crippen molar-refractivity contribution in [3.8, 4) is 12.3 Å². The van der Waals surface area contributed by atoms with Gasteiger partial charge in [-0.2, -0.15) is 0 Å². The number of ketones is 1. The van der Waals surface area contributed by atoms with Crippen molar-refractivity contribution in [2.45, 2.75) is 96.4 Å². The van der Waals surface area contributed by atoms with Crippen LogP contribution in [0.5, 0.6) is 0 Å². The zero-order valence-electron chi connectivity index (χ0n) is 17.7. The smallest absolute Gasteiger partial charge is 0.193 e. The van der Waals surface area contributed by atoms with Crippen LogP contribution in [0.2, 0.25) is 36.3 Å². The summed E-state index contributed by atoms with van der Waals surface area (Å²) in [5.74, 6) is 2.59. The summed E-state index contributed by atoms with van der Waals surface area (Å²) in [4.78, 5) is 12.8. The average molecular weight is 381 g/mol. The van der Waals surface area contributed by atoms with Crippen molar-refractivity contribution in [3.05, 3.63) is 11.6 Å². The SMILES string of the molecule is C#CC1=CC(=O)[C@@H](O[Si](C)(C)C(C)(C)C)[C@H](O[Si](C)(C)C(C)(C)C)C1. The molecule has 0 fully saturated rings. The molecule has 0 aromatic rings. The van der Waals surface area contributed by atoms with Crippen LogP contribution in [0.25, 0.3) is 0 Å². The van der Waals surface area contributed by atoms with Crippen molar-refractivity contribution in [1.82, 2.24) is 0 Å². The molecule has 0 saturated heterocycles. The van der Waals surface area contributed by atoms with Gasteiger partial charge in [-0.3, -0.25) is 4.79 Å². The molecule has 0 radical (unpaired) electrons. The lowest BCUT2D eigenvalue weighted by Crippen LogP contribution is -2.55. The summed E-state index contributed by atoms with van der Waals surface area (Å²) in [6, 6.07) is 0. The first-order chi connectivity index (χ1) is 11.0. The van der Waals surface area contributed by atoms with Gasteiger partial charge in [-0.05, 0) is 42.3 Å². The summed E-state index contributed by atoms with van der Waals surface area (Å²) in [5, 5.41) is 0.0972. The number of carbonyl (C=O) groups is 1. The van der Waals surface area contributed by atoms with Crippen LogP contribution in [-0.2, 0) is 13.6 Å². The molecule has 0 unspecified atom stereocenters. The predicted molar refractivity (Wildman–Crippen MR) is 111 cm³/mol. The van der Waals surface area contributed by atoms with Gasteiger partial charge in [0.05, 0.1) is 6.10 Å². The molecule has 0 spiro atoms. The van der Waals surface area contributed by atoms with Crippen molar-refractivity contribution in [1.29, 1.82) is 0 Å². The maximum Gasteiger partial charge on any atom is 0.193 e. The lowest BCUT2D eigenvalue weighted by Gasteiger charge is -2.45. The third-order valence-electron chi connectivity index (χ3n) is 6.02. The molecule has 0 aromatic heterocycles. The van der Waals surface area contributed by atoms with Gasteiger partial charge in [-0.1, -0.05) is 47.5 Å². The number of hydrogen-bond acceptors (Lipinski definition) is 3. The first kappa shape index (κ1) is 22.4. The number of terminal acetylenes is 1. The standard InChI is InChI=1S/C20H36O3Si2/c1-12-15-13-16(21)18(23-25(10,11)20(5,6)7)17(14-15)22-24(8,9)19(2,3)4/h1,13,17-18H,14H2,2-11H3/t17-,18-/m1/s1. The highest BCUT2D eigenvalue weighted by Crippen LogP contribution is 2.42. The van der Waals surface area contributed by atoms with E-state index in [0.29, 0.717) is 12.0 Å². The van der Waals surface area contributed by atoms with Crippen LogP contribution in [0.4, 0.5) is 0 Å². The topological polar surface area (TPSA) is 35.5 Å². The number of hydrogen-bond donors (Lipinski definition) is 0. The van der Waals surface area contributed by atoms with E-state index in [2.05, 4.69) is 73.7 Å². The van der Waals surface area contributed by atoms with Crippen LogP contribution in [-0.4, -0.2) is 34.6 Å². The van der Waals surface area contributed by atoms with Gasteiger partial charge in [-0.25, -0.2) is 0 Å². The fraction of sp³-hybridized carbons (Fsp3) is 0.750. The Morgan fingerprint density at radius 2 is 1.44 bits per heavy atom. The van der Waals surface area contributed by atoms with Crippen LogP contribution in [0.1, 0.15) is 48.0 Å². The maximum atomic E-state index is 12.8. The average Bonchev–Trinajstić information content (AvgIpc) is 2.39. The van der Waals surface area contributed by atoms with E-state index in [1.165, 1.54) is 0 Å². The van der Waals surface area contributed by atoms with Gasteiger partial charge in [0.2, 0.25) is 0 Å². The molecule has 3 nitrogen and oxygen atoms in total. The molecule has 1 aliphatic rings. The zero-order chi connectivity index (χ0) is 19.8. The van der Waals surface area contributed by atoms with Crippen LogP contribution in [0.15, 0.2) is 11.6 Å². The summed E-state index contributed by atoms with van der Waals surface area (Å²) >= 11 is 0. The maximum absolute atomic E-state index is 12.8. The summed E-state index contributed by atoms with van der Waals surface area (Å²) in [6.07, 6.45) is 6.88. The van der Waals surface area contributed by atoms with E-state index in [4.69, 9.17) is 15.3 Å². The Morgan fingerprint density at radius 3 is 1.84 bits per heavy atom. The molecule has 1 rings (SSSR count). The van der Waals surface area contributed by atoms with Crippen LogP contribution >= 0.6 is 0 Å². The molecule has 142 valence electrons. The van der Waals surface area contributed by atoms with Gasteiger partial charge in [0.25, 0.3) is 0 Å². The van der Waals surface area contributed by atoms with E-state index in [1.807, 2.05) is 0 Å². The van der Waals surface area contributed by atoms with Gasteiger partial charge >= 0.3 is 0 Å². The highest BCUT2D eigenvalue weighted by molar-refractivity contribution is 6.74. The van der Waals surface area contributed by atoms with E-state index in [9.17, 15) is 4.79 Å². The lowest BCUT2D eigenvalue weighted by atomic mass is 9.94. The van der Waals surface area contributed by atoms with E-state index in [1.54, 1.807) is 6.08 Å². The third kappa shape index (κ3) is 5.16. The highest BCUT2D eigenvalue weighted by Gasteiger charge is 2.47. The molecule has 0 saturated carbocycles. The summed E-state index contributed by atoms with van der Waals surface area (Å²) in [7, 11) is -4.14. The van der Waals surface area contributed by atoms with E-state index >= 15 is 0 Å². The Balaban J connectivity index is 3.20. The molecule has 0 aliphatic heterocycles.